The van der Waals surface area contributed by atoms with Gasteiger partial charge in [0.05, 0.1) is 17.1 Å². The van der Waals surface area contributed by atoms with E-state index in [4.69, 9.17) is 9.98 Å². The molecule has 2 nitrogen and oxygen atoms in total. The first-order chi connectivity index (χ1) is 17.7. The summed E-state index contributed by atoms with van der Waals surface area (Å²) in [5.41, 5.74) is 5.39. The molecule has 0 aliphatic rings. The molecule has 0 saturated carbocycles. The summed E-state index contributed by atoms with van der Waals surface area (Å²) in [4.78, 5) is 10.1. The molecule has 0 aromatic heterocycles. The van der Waals surface area contributed by atoms with Gasteiger partial charge in [-0.15, -0.1) is 5.92 Å². The Morgan fingerprint density at radius 2 is 1.39 bits per heavy atom. The molecule has 2 aromatic carbocycles. The van der Waals surface area contributed by atoms with Crippen LogP contribution in [0.1, 0.15) is 103 Å². The molecule has 0 unspecified atom stereocenters. The molecule has 0 bridgehead atoms. The van der Waals surface area contributed by atoms with Gasteiger partial charge in [0, 0.05) is 24.0 Å². The van der Waals surface area contributed by atoms with E-state index in [0.717, 1.165) is 66.0 Å². The van der Waals surface area contributed by atoms with Crippen molar-refractivity contribution >= 4 is 22.8 Å². The maximum Gasteiger partial charge on any atom is 0.135 e. The molecule has 0 radical (unpaired) electrons. The first-order valence-electron chi connectivity index (χ1n) is 13.5. The van der Waals surface area contributed by atoms with Crippen molar-refractivity contribution in [2.45, 2.75) is 91.9 Å². The van der Waals surface area contributed by atoms with Crippen molar-refractivity contribution in [1.29, 1.82) is 0 Å². The molecule has 2 rings (SSSR count). The Bertz CT molecular complexity index is 1200. The number of benzene rings is 2. The van der Waals surface area contributed by atoms with Crippen molar-refractivity contribution in [1.82, 2.24) is 0 Å². The minimum Gasteiger partial charge on any atom is -0.250 e. The van der Waals surface area contributed by atoms with Crippen molar-refractivity contribution in [3.05, 3.63) is 59.7 Å². The fraction of sp³-hybridized carbons (Fsp3) is 0.412. The van der Waals surface area contributed by atoms with Crippen molar-refractivity contribution in [3.8, 4) is 35.5 Å². The number of aliphatic imine (C=N–C) groups is 2. The van der Waals surface area contributed by atoms with E-state index in [1.54, 1.807) is 0 Å². The molecule has 0 aliphatic heterocycles. The van der Waals surface area contributed by atoms with Gasteiger partial charge in [0.1, 0.15) is 5.71 Å². The summed E-state index contributed by atoms with van der Waals surface area (Å²) in [6.45, 7) is 8.31. The van der Waals surface area contributed by atoms with Crippen LogP contribution in [0.4, 0.5) is 11.4 Å². The summed E-state index contributed by atoms with van der Waals surface area (Å²) in [7, 11) is 0. The van der Waals surface area contributed by atoms with Crippen LogP contribution in [-0.4, -0.2) is 11.4 Å². The maximum absolute atomic E-state index is 5.08. The Morgan fingerprint density at radius 3 is 2.06 bits per heavy atom. The first kappa shape index (κ1) is 28.7. The zero-order chi connectivity index (χ0) is 25.8. The van der Waals surface area contributed by atoms with Crippen LogP contribution in [-0.2, 0) is 0 Å². The molecule has 0 fully saturated rings. The van der Waals surface area contributed by atoms with Crippen LogP contribution in [0.15, 0.2) is 58.5 Å². The van der Waals surface area contributed by atoms with E-state index in [1.807, 2.05) is 49.4 Å². The zero-order valence-corrected chi connectivity index (χ0v) is 22.6. The molecule has 186 valence electrons. The van der Waals surface area contributed by atoms with Crippen LogP contribution in [0.25, 0.3) is 0 Å². The van der Waals surface area contributed by atoms with Crippen LogP contribution in [0, 0.1) is 35.5 Å². The summed E-state index contributed by atoms with van der Waals surface area (Å²) in [6.07, 6.45) is 10.9. The summed E-state index contributed by atoms with van der Waals surface area (Å²) in [6, 6.07) is 16.2. The van der Waals surface area contributed by atoms with Gasteiger partial charge in [-0.3, -0.25) is 4.99 Å². The van der Waals surface area contributed by atoms with Crippen molar-refractivity contribution in [2.75, 3.05) is 0 Å². The molecular formula is C34H40N2. The standard InChI is InChI=1S/C34H40N2/c1-5-9-12-13-14-16-26-34(36-32-24-18-22-30(28-32)20-11-7-3)33(25-15-10-6-2)35-31-23-17-21-29(27-31)19-8-4/h17-18,21-24,27-28H,5-7,9-10,12-14,16,26H2,1-4H3. The van der Waals surface area contributed by atoms with Gasteiger partial charge in [-0.1, -0.05) is 88.7 Å². The quantitative estimate of drug-likeness (QED) is 0.175. The summed E-state index contributed by atoms with van der Waals surface area (Å²) in [5.74, 6) is 19.1. The largest absolute Gasteiger partial charge is 0.250 e. The lowest BCUT2D eigenvalue weighted by Gasteiger charge is -2.08. The maximum atomic E-state index is 5.08. The number of nitrogens with zero attached hydrogens (tertiary/aromatic N) is 2. The Kier molecular flexibility index (Phi) is 14.2. The van der Waals surface area contributed by atoms with E-state index in [9.17, 15) is 0 Å². The Labute approximate surface area is 219 Å². The lowest BCUT2D eigenvalue weighted by atomic mass is 10.0. The van der Waals surface area contributed by atoms with Gasteiger partial charge >= 0.3 is 0 Å². The SMILES string of the molecule is CC#Cc1cccc(N=C(C#CCCC)C(CCCCCCCC)=Nc2cccc(C#CCC)c2)c1. The number of hydrogen-bond acceptors (Lipinski definition) is 2. The Balaban J connectivity index is 2.48. The summed E-state index contributed by atoms with van der Waals surface area (Å²) >= 11 is 0. The second-order valence-electron chi connectivity index (χ2n) is 8.72. The fourth-order valence-corrected chi connectivity index (χ4v) is 3.66. The van der Waals surface area contributed by atoms with E-state index in [2.05, 4.69) is 62.4 Å². The molecule has 36 heavy (non-hydrogen) atoms. The van der Waals surface area contributed by atoms with E-state index in [0.29, 0.717) is 0 Å². The van der Waals surface area contributed by atoms with Gasteiger partial charge in [-0.2, -0.15) is 0 Å². The van der Waals surface area contributed by atoms with E-state index in [1.165, 1.54) is 32.1 Å². The molecule has 2 heteroatoms. The smallest absolute Gasteiger partial charge is 0.135 e. The molecular weight excluding hydrogens is 436 g/mol. The molecule has 0 aliphatic carbocycles. The lowest BCUT2D eigenvalue weighted by molar-refractivity contribution is 0.616. The van der Waals surface area contributed by atoms with E-state index >= 15 is 0 Å². The number of rotatable bonds is 11. The molecule has 0 atom stereocenters. The normalized spacial score (nSPS) is 11.0. The monoisotopic (exact) mass is 476 g/mol. The molecule has 0 N–H and O–H groups in total. The highest BCUT2D eigenvalue weighted by Gasteiger charge is 2.09. The first-order valence-corrected chi connectivity index (χ1v) is 13.5. The van der Waals surface area contributed by atoms with E-state index < -0.39 is 0 Å². The van der Waals surface area contributed by atoms with Crippen LogP contribution in [0.5, 0.6) is 0 Å². The summed E-state index contributed by atoms with van der Waals surface area (Å²) in [5, 5.41) is 0. The third-order valence-corrected chi connectivity index (χ3v) is 5.50. The van der Waals surface area contributed by atoms with E-state index in [-0.39, 0.29) is 0 Å². The van der Waals surface area contributed by atoms with Gasteiger partial charge in [-0.05, 0) is 68.5 Å². The topological polar surface area (TPSA) is 24.7 Å². The van der Waals surface area contributed by atoms with Gasteiger partial charge < -0.3 is 0 Å². The van der Waals surface area contributed by atoms with Crippen molar-refractivity contribution in [3.63, 3.8) is 0 Å². The van der Waals surface area contributed by atoms with Gasteiger partial charge in [0.15, 0.2) is 0 Å². The third-order valence-electron chi connectivity index (χ3n) is 5.50. The minimum absolute atomic E-state index is 0.753. The third kappa shape index (κ3) is 11.3. The predicted octanol–water partition coefficient (Wildman–Crippen LogP) is 9.22. The van der Waals surface area contributed by atoms with Crippen LogP contribution < -0.4 is 0 Å². The Hall–Kier alpha value is -3.54. The average Bonchev–Trinajstić information content (AvgIpc) is 2.89. The molecule has 0 spiro atoms. The molecule has 0 saturated heterocycles. The predicted molar refractivity (Wildman–Crippen MR) is 157 cm³/mol. The average molecular weight is 477 g/mol. The molecule has 0 heterocycles. The van der Waals surface area contributed by atoms with Gasteiger partial charge in [-0.25, -0.2) is 4.99 Å². The highest BCUT2D eigenvalue weighted by atomic mass is 14.8. The van der Waals surface area contributed by atoms with Gasteiger partial charge in [0.25, 0.3) is 0 Å². The summed E-state index contributed by atoms with van der Waals surface area (Å²) < 4.78 is 0. The van der Waals surface area contributed by atoms with Crippen molar-refractivity contribution < 1.29 is 0 Å². The van der Waals surface area contributed by atoms with Crippen LogP contribution >= 0.6 is 0 Å². The molecule has 2 aromatic rings. The molecule has 0 amide bonds. The second kappa shape index (κ2) is 17.8. The second-order valence-corrected chi connectivity index (χ2v) is 8.72. The number of unbranched alkanes of at least 4 members (excludes halogenated alkanes) is 6. The highest BCUT2D eigenvalue weighted by Crippen LogP contribution is 2.19. The Morgan fingerprint density at radius 1 is 0.722 bits per heavy atom. The zero-order valence-electron chi connectivity index (χ0n) is 22.6. The van der Waals surface area contributed by atoms with Crippen LogP contribution in [0.3, 0.4) is 0 Å². The minimum atomic E-state index is 0.753. The highest BCUT2D eigenvalue weighted by molar-refractivity contribution is 6.49. The fourth-order valence-electron chi connectivity index (χ4n) is 3.66. The number of hydrogen-bond donors (Lipinski definition) is 0. The van der Waals surface area contributed by atoms with Crippen LogP contribution in [0.2, 0.25) is 0 Å². The van der Waals surface area contributed by atoms with Gasteiger partial charge in [0.2, 0.25) is 0 Å². The lowest BCUT2D eigenvalue weighted by Crippen LogP contribution is -2.12. The van der Waals surface area contributed by atoms with Crippen molar-refractivity contribution in [2.24, 2.45) is 9.98 Å².